The number of alkyl halides is 1. The number of hydrogen-bond donors (Lipinski definition) is 0. The molecule has 0 aliphatic carbocycles. The normalized spacial score (nSPS) is 12.6. The summed E-state index contributed by atoms with van der Waals surface area (Å²) in [4.78, 5) is 0. The van der Waals surface area contributed by atoms with Crippen LogP contribution in [0.25, 0.3) is 0 Å². The van der Waals surface area contributed by atoms with Gasteiger partial charge in [0.05, 0.1) is 6.20 Å². The molecular formula is C13H15ClN2. The molecule has 1 aromatic carbocycles. The lowest BCUT2D eigenvalue weighted by Crippen LogP contribution is -2.04. The predicted octanol–water partition coefficient (Wildman–Crippen LogP) is 2.99. The Morgan fingerprint density at radius 1 is 1.31 bits per heavy atom. The zero-order valence-corrected chi connectivity index (χ0v) is 10.1. The van der Waals surface area contributed by atoms with E-state index in [2.05, 4.69) is 29.4 Å². The summed E-state index contributed by atoms with van der Waals surface area (Å²) in [6, 6.07) is 10.4. The van der Waals surface area contributed by atoms with Crippen LogP contribution >= 0.6 is 11.6 Å². The molecule has 3 heteroatoms. The van der Waals surface area contributed by atoms with Crippen LogP contribution in [0.1, 0.15) is 17.0 Å². The van der Waals surface area contributed by atoms with Gasteiger partial charge in [-0.25, -0.2) is 0 Å². The van der Waals surface area contributed by atoms with Gasteiger partial charge in [0.1, 0.15) is 0 Å². The van der Waals surface area contributed by atoms with Crippen molar-refractivity contribution in [1.82, 2.24) is 9.78 Å². The van der Waals surface area contributed by atoms with Crippen LogP contribution in [-0.4, -0.2) is 15.7 Å². The number of aryl methyl sites for hydroxylation is 1. The number of hydrogen-bond acceptors (Lipinski definition) is 1. The first kappa shape index (κ1) is 11.2. The summed E-state index contributed by atoms with van der Waals surface area (Å²) in [7, 11) is 1.93. The highest BCUT2D eigenvalue weighted by Crippen LogP contribution is 2.21. The van der Waals surface area contributed by atoms with Crippen LogP contribution in [-0.2, 0) is 13.5 Å². The monoisotopic (exact) mass is 234 g/mol. The molecule has 2 aromatic rings. The van der Waals surface area contributed by atoms with E-state index in [0.29, 0.717) is 11.8 Å². The second-order valence-electron chi connectivity index (χ2n) is 3.99. The first-order valence-corrected chi connectivity index (χ1v) is 5.91. The van der Waals surface area contributed by atoms with Crippen molar-refractivity contribution in [3.05, 3.63) is 53.9 Å². The molecule has 0 radical (unpaired) electrons. The molecule has 0 fully saturated rings. The molecule has 0 saturated carbocycles. The fraction of sp³-hybridized carbons (Fsp3) is 0.308. The maximum atomic E-state index is 6.03. The molecule has 1 unspecified atom stereocenters. The highest BCUT2D eigenvalue weighted by Gasteiger charge is 2.11. The van der Waals surface area contributed by atoms with Crippen molar-refractivity contribution < 1.29 is 0 Å². The Morgan fingerprint density at radius 2 is 2.06 bits per heavy atom. The lowest BCUT2D eigenvalue weighted by atomic mass is 9.95. The summed E-state index contributed by atoms with van der Waals surface area (Å²) in [6.07, 6.45) is 4.90. The molecular weight excluding hydrogens is 220 g/mol. The zero-order chi connectivity index (χ0) is 11.4. The molecule has 0 bridgehead atoms. The van der Waals surface area contributed by atoms with Gasteiger partial charge < -0.3 is 0 Å². The number of aromatic nitrogens is 2. The predicted molar refractivity (Wildman–Crippen MR) is 66.8 cm³/mol. The lowest BCUT2D eigenvalue weighted by Gasteiger charge is -2.12. The van der Waals surface area contributed by atoms with Gasteiger partial charge in [-0.3, -0.25) is 4.68 Å². The van der Waals surface area contributed by atoms with Crippen LogP contribution in [0, 0.1) is 0 Å². The molecule has 2 nitrogen and oxygen atoms in total. The van der Waals surface area contributed by atoms with E-state index in [-0.39, 0.29) is 0 Å². The minimum absolute atomic E-state index is 0.368. The van der Waals surface area contributed by atoms with Crippen molar-refractivity contribution in [3.63, 3.8) is 0 Å². The molecule has 0 aliphatic heterocycles. The third-order valence-corrected chi connectivity index (χ3v) is 3.07. The van der Waals surface area contributed by atoms with Gasteiger partial charge in [-0.2, -0.15) is 5.10 Å². The molecule has 0 spiro atoms. The SMILES string of the molecule is Cn1cc(CC(CCl)c2ccccc2)cn1. The Bertz CT molecular complexity index is 436. The fourth-order valence-electron chi connectivity index (χ4n) is 1.85. The van der Waals surface area contributed by atoms with Gasteiger partial charge in [-0.1, -0.05) is 30.3 Å². The van der Waals surface area contributed by atoms with Crippen LogP contribution in [0.15, 0.2) is 42.7 Å². The van der Waals surface area contributed by atoms with Crippen molar-refractivity contribution in [1.29, 1.82) is 0 Å². The Morgan fingerprint density at radius 3 is 2.62 bits per heavy atom. The number of benzene rings is 1. The first-order chi connectivity index (χ1) is 7.79. The maximum absolute atomic E-state index is 6.03. The van der Waals surface area contributed by atoms with Gasteiger partial charge in [0, 0.05) is 25.0 Å². The number of rotatable bonds is 4. The topological polar surface area (TPSA) is 17.8 Å². The summed E-state index contributed by atoms with van der Waals surface area (Å²) in [5.74, 6) is 1.01. The van der Waals surface area contributed by atoms with Gasteiger partial charge in [0.15, 0.2) is 0 Å². The fourth-order valence-corrected chi connectivity index (χ4v) is 2.14. The third-order valence-electron chi connectivity index (χ3n) is 2.70. The smallest absolute Gasteiger partial charge is 0.0521 e. The Labute approximate surface area is 101 Å². The van der Waals surface area contributed by atoms with Gasteiger partial charge in [0.2, 0.25) is 0 Å². The Kier molecular flexibility index (Phi) is 3.62. The lowest BCUT2D eigenvalue weighted by molar-refractivity contribution is 0.754. The van der Waals surface area contributed by atoms with Crippen molar-refractivity contribution in [2.75, 3.05) is 5.88 Å². The van der Waals surface area contributed by atoms with Crippen molar-refractivity contribution in [2.24, 2.45) is 7.05 Å². The third kappa shape index (κ3) is 2.64. The minimum atomic E-state index is 0.368. The highest BCUT2D eigenvalue weighted by molar-refractivity contribution is 6.18. The van der Waals surface area contributed by atoms with Gasteiger partial charge in [-0.15, -0.1) is 11.6 Å². The molecule has 84 valence electrons. The maximum Gasteiger partial charge on any atom is 0.0521 e. The quantitative estimate of drug-likeness (QED) is 0.744. The second kappa shape index (κ2) is 5.17. The van der Waals surface area contributed by atoms with Gasteiger partial charge >= 0.3 is 0 Å². The Hall–Kier alpha value is -1.28. The van der Waals surface area contributed by atoms with Crippen LogP contribution in [0.4, 0.5) is 0 Å². The zero-order valence-electron chi connectivity index (χ0n) is 9.31. The van der Waals surface area contributed by atoms with Crippen molar-refractivity contribution in [3.8, 4) is 0 Å². The summed E-state index contributed by atoms with van der Waals surface area (Å²) in [5, 5.41) is 4.17. The summed E-state index contributed by atoms with van der Waals surface area (Å²) >= 11 is 6.03. The van der Waals surface area contributed by atoms with Crippen LogP contribution in [0.5, 0.6) is 0 Å². The first-order valence-electron chi connectivity index (χ1n) is 5.38. The summed E-state index contributed by atoms with van der Waals surface area (Å²) in [5.41, 5.74) is 2.53. The minimum Gasteiger partial charge on any atom is -0.276 e. The highest BCUT2D eigenvalue weighted by atomic mass is 35.5. The summed E-state index contributed by atoms with van der Waals surface area (Å²) in [6.45, 7) is 0. The van der Waals surface area contributed by atoms with E-state index in [9.17, 15) is 0 Å². The molecule has 0 N–H and O–H groups in total. The molecule has 0 saturated heterocycles. The largest absolute Gasteiger partial charge is 0.276 e. The van der Waals surface area contributed by atoms with E-state index in [1.807, 2.05) is 30.2 Å². The Balaban J connectivity index is 2.12. The summed E-state index contributed by atoms with van der Waals surface area (Å²) < 4.78 is 1.83. The number of halogens is 1. The standard InChI is InChI=1S/C13H15ClN2/c1-16-10-11(9-15-16)7-13(8-14)12-5-3-2-4-6-12/h2-6,9-10,13H,7-8H2,1H3. The average Bonchev–Trinajstić information content (AvgIpc) is 2.73. The second-order valence-corrected chi connectivity index (χ2v) is 4.30. The van der Waals surface area contributed by atoms with Gasteiger partial charge in [0.25, 0.3) is 0 Å². The molecule has 2 rings (SSSR count). The molecule has 1 heterocycles. The molecule has 0 aliphatic rings. The molecule has 1 aromatic heterocycles. The van der Waals surface area contributed by atoms with Crippen molar-refractivity contribution >= 4 is 11.6 Å². The van der Waals surface area contributed by atoms with Crippen LogP contribution < -0.4 is 0 Å². The van der Waals surface area contributed by atoms with Crippen LogP contribution in [0.2, 0.25) is 0 Å². The average molecular weight is 235 g/mol. The van der Waals surface area contributed by atoms with E-state index in [1.165, 1.54) is 11.1 Å². The van der Waals surface area contributed by atoms with Crippen molar-refractivity contribution in [2.45, 2.75) is 12.3 Å². The molecule has 16 heavy (non-hydrogen) atoms. The van der Waals surface area contributed by atoms with Crippen LogP contribution in [0.3, 0.4) is 0 Å². The van der Waals surface area contributed by atoms with E-state index in [4.69, 9.17) is 11.6 Å². The molecule has 1 atom stereocenters. The van der Waals surface area contributed by atoms with E-state index in [1.54, 1.807) is 0 Å². The van der Waals surface area contributed by atoms with E-state index >= 15 is 0 Å². The van der Waals surface area contributed by atoms with E-state index in [0.717, 1.165) is 6.42 Å². The number of nitrogens with zero attached hydrogens (tertiary/aromatic N) is 2. The van der Waals surface area contributed by atoms with Gasteiger partial charge in [-0.05, 0) is 17.5 Å². The molecule has 0 amide bonds. The van der Waals surface area contributed by atoms with E-state index < -0.39 is 0 Å².